The maximum absolute atomic E-state index is 12.9. The van der Waals surface area contributed by atoms with Crippen LogP contribution >= 0.6 is 11.6 Å². The molecule has 2 amide bonds. The number of rotatable bonds is 5. The molecule has 0 aliphatic rings. The summed E-state index contributed by atoms with van der Waals surface area (Å²) >= 11 is 5.78. The van der Waals surface area contributed by atoms with E-state index in [1.54, 1.807) is 25.1 Å². The van der Waals surface area contributed by atoms with Gasteiger partial charge in [0.2, 0.25) is 0 Å². The van der Waals surface area contributed by atoms with Gasteiger partial charge in [0.05, 0.1) is 5.39 Å². The van der Waals surface area contributed by atoms with Crippen molar-refractivity contribution in [3.63, 3.8) is 0 Å². The van der Waals surface area contributed by atoms with E-state index in [-0.39, 0.29) is 27.5 Å². The number of hydrogen-bond donors (Lipinski definition) is 2. The van der Waals surface area contributed by atoms with E-state index in [4.69, 9.17) is 20.8 Å². The maximum atomic E-state index is 12.9. The van der Waals surface area contributed by atoms with E-state index >= 15 is 0 Å². The SMILES string of the molecule is Cc1c(-c2ccccc2)oc2c(C(=O)OCC(=O)NNC(=O)c3ccc(Cl)cc3)cccc2c1=O. The largest absolute Gasteiger partial charge is 0.455 e. The number of para-hydroxylation sites is 1. The van der Waals surface area contributed by atoms with Crippen LogP contribution in [-0.2, 0) is 9.53 Å². The highest BCUT2D eigenvalue weighted by atomic mass is 35.5. The molecule has 0 bridgehead atoms. The molecule has 4 rings (SSSR count). The lowest BCUT2D eigenvalue weighted by atomic mass is 10.0. The summed E-state index contributed by atoms with van der Waals surface area (Å²) in [7, 11) is 0. The molecule has 0 saturated carbocycles. The van der Waals surface area contributed by atoms with Crippen molar-refractivity contribution in [3.05, 3.63) is 105 Å². The molecule has 9 heteroatoms. The predicted molar refractivity (Wildman–Crippen MR) is 130 cm³/mol. The third-order valence-electron chi connectivity index (χ3n) is 5.16. The standard InChI is InChI=1S/C26H19ClN2O6/c1-15-22(31)19-8-5-9-20(24(19)35-23(15)16-6-3-2-4-7-16)26(33)34-14-21(30)28-29-25(32)17-10-12-18(27)13-11-17/h2-13H,14H2,1H3,(H,28,30)(H,29,32). The van der Waals surface area contributed by atoms with Gasteiger partial charge in [-0.2, -0.15) is 0 Å². The van der Waals surface area contributed by atoms with Crippen LogP contribution in [0, 0.1) is 6.92 Å². The molecule has 0 radical (unpaired) electrons. The lowest BCUT2D eigenvalue weighted by Crippen LogP contribution is -2.43. The fraction of sp³-hybridized carbons (Fsp3) is 0.0769. The fourth-order valence-corrected chi connectivity index (χ4v) is 3.51. The van der Waals surface area contributed by atoms with Crippen molar-refractivity contribution in [2.45, 2.75) is 6.92 Å². The topological polar surface area (TPSA) is 115 Å². The molecule has 0 fully saturated rings. The minimum atomic E-state index is -0.860. The maximum Gasteiger partial charge on any atom is 0.342 e. The molecule has 0 saturated heterocycles. The van der Waals surface area contributed by atoms with Crippen LogP contribution in [0.4, 0.5) is 0 Å². The molecule has 0 aliphatic carbocycles. The van der Waals surface area contributed by atoms with Gasteiger partial charge in [0.25, 0.3) is 11.8 Å². The summed E-state index contributed by atoms with van der Waals surface area (Å²) in [6.07, 6.45) is 0. The van der Waals surface area contributed by atoms with Crippen LogP contribution in [0.1, 0.15) is 26.3 Å². The highest BCUT2D eigenvalue weighted by Crippen LogP contribution is 2.27. The molecule has 0 aliphatic heterocycles. The third kappa shape index (κ3) is 5.23. The molecule has 3 aromatic carbocycles. The lowest BCUT2D eigenvalue weighted by molar-refractivity contribution is -0.125. The quantitative estimate of drug-likeness (QED) is 0.322. The zero-order chi connectivity index (χ0) is 24.9. The van der Waals surface area contributed by atoms with E-state index in [2.05, 4.69) is 10.9 Å². The number of fused-ring (bicyclic) bond motifs is 1. The Morgan fingerprint density at radius 2 is 1.63 bits per heavy atom. The zero-order valence-electron chi connectivity index (χ0n) is 18.5. The highest BCUT2D eigenvalue weighted by Gasteiger charge is 2.20. The molecular formula is C26H19ClN2O6. The number of ether oxygens (including phenoxy) is 1. The normalized spacial score (nSPS) is 10.6. The van der Waals surface area contributed by atoms with Crippen LogP contribution in [-0.4, -0.2) is 24.4 Å². The summed E-state index contributed by atoms with van der Waals surface area (Å²) in [6, 6.07) is 19.6. The van der Waals surface area contributed by atoms with Gasteiger partial charge in [-0.05, 0) is 43.3 Å². The summed E-state index contributed by atoms with van der Waals surface area (Å²) in [5, 5.41) is 0.684. The second kappa shape index (κ2) is 10.2. The molecule has 0 atom stereocenters. The van der Waals surface area contributed by atoms with E-state index in [0.717, 1.165) is 0 Å². The molecule has 176 valence electrons. The van der Waals surface area contributed by atoms with Gasteiger partial charge in [-0.3, -0.25) is 25.2 Å². The number of esters is 1. The molecule has 8 nitrogen and oxygen atoms in total. The number of carbonyl (C=O) groups excluding carboxylic acids is 3. The Labute approximate surface area is 204 Å². The van der Waals surface area contributed by atoms with Gasteiger partial charge in [0.1, 0.15) is 11.3 Å². The Hall–Kier alpha value is -4.43. The van der Waals surface area contributed by atoms with Crippen LogP contribution in [0.15, 0.2) is 82.0 Å². The van der Waals surface area contributed by atoms with Gasteiger partial charge in [-0.1, -0.05) is 48.0 Å². The average Bonchev–Trinajstić information content (AvgIpc) is 2.88. The minimum Gasteiger partial charge on any atom is -0.455 e. The highest BCUT2D eigenvalue weighted by molar-refractivity contribution is 6.30. The van der Waals surface area contributed by atoms with Crippen LogP contribution in [0.25, 0.3) is 22.3 Å². The van der Waals surface area contributed by atoms with Gasteiger partial charge >= 0.3 is 5.97 Å². The van der Waals surface area contributed by atoms with Gasteiger partial charge in [-0.15, -0.1) is 0 Å². The van der Waals surface area contributed by atoms with Crippen LogP contribution in [0.5, 0.6) is 0 Å². The number of hydrazine groups is 1. The molecule has 1 aromatic heterocycles. The minimum absolute atomic E-state index is 0.00483. The van der Waals surface area contributed by atoms with Gasteiger partial charge in [0.15, 0.2) is 17.6 Å². The lowest BCUT2D eigenvalue weighted by Gasteiger charge is -2.11. The van der Waals surface area contributed by atoms with Crippen molar-refractivity contribution in [2.75, 3.05) is 6.61 Å². The summed E-state index contributed by atoms with van der Waals surface area (Å²) in [5.74, 6) is -1.85. The van der Waals surface area contributed by atoms with E-state index in [1.807, 2.05) is 18.2 Å². The molecule has 0 unspecified atom stereocenters. The number of halogens is 1. The van der Waals surface area contributed by atoms with Crippen molar-refractivity contribution in [1.29, 1.82) is 0 Å². The van der Waals surface area contributed by atoms with Crippen molar-refractivity contribution in [2.24, 2.45) is 0 Å². The Bertz CT molecular complexity index is 1480. The van der Waals surface area contributed by atoms with Gasteiger partial charge in [-0.25, -0.2) is 4.79 Å². The third-order valence-corrected chi connectivity index (χ3v) is 5.41. The average molecular weight is 491 g/mol. The van der Waals surface area contributed by atoms with Crippen molar-refractivity contribution < 1.29 is 23.5 Å². The van der Waals surface area contributed by atoms with Crippen molar-refractivity contribution in [3.8, 4) is 11.3 Å². The number of benzene rings is 3. The van der Waals surface area contributed by atoms with E-state index in [0.29, 0.717) is 21.9 Å². The second-order valence-electron chi connectivity index (χ2n) is 7.52. The molecule has 4 aromatic rings. The summed E-state index contributed by atoms with van der Waals surface area (Å²) in [5.41, 5.74) is 5.53. The molecule has 35 heavy (non-hydrogen) atoms. The number of nitrogens with one attached hydrogen (secondary N) is 2. The Kier molecular flexibility index (Phi) is 6.93. The van der Waals surface area contributed by atoms with Crippen LogP contribution in [0.2, 0.25) is 5.02 Å². The first kappa shape index (κ1) is 23.7. The first-order chi connectivity index (χ1) is 16.8. The summed E-state index contributed by atoms with van der Waals surface area (Å²) < 4.78 is 11.1. The summed E-state index contributed by atoms with van der Waals surface area (Å²) in [4.78, 5) is 49.8. The first-order valence-electron chi connectivity index (χ1n) is 10.5. The smallest absolute Gasteiger partial charge is 0.342 e. The van der Waals surface area contributed by atoms with E-state index in [9.17, 15) is 19.2 Å². The first-order valence-corrected chi connectivity index (χ1v) is 10.9. The van der Waals surface area contributed by atoms with Crippen LogP contribution in [0.3, 0.4) is 0 Å². The van der Waals surface area contributed by atoms with Crippen molar-refractivity contribution in [1.82, 2.24) is 10.9 Å². The van der Waals surface area contributed by atoms with Crippen molar-refractivity contribution >= 4 is 40.4 Å². The van der Waals surface area contributed by atoms with Crippen LogP contribution < -0.4 is 16.3 Å². The molecule has 1 heterocycles. The Morgan fingerprint density at radius 1 is 0.914 bits per heavy atom. The number of amides is 2. The van der Waals surface area contributed by atoms with E-state index in [1.165, 1.54) is 36.4 Å². The second-order valence-corrected chi connectivity index (χ2v) is 7.96. The number of hydrogen-bond acceptors (Lipinski definition) is 6. The molecular weight excluding hydrogens is 472 g/mol. The fourth-order valence-electron chi connectivity index (χ4n) is 3.38. The molecule has 2 N–H and O–H groups in total. The monoisotopic (exact) mass is 490 g/mol. The van der Waals surface area contributed by atoms with E-state index < -0.39 is 24.4 Å². The predicted octanol–water partition coefficient (Wildman–Crippen LogP) is 4.04. The summed E-state index contributed by atoms with van der Waals surface area (Å²) in [6.45, 7) is 0.985. The number of carbonyl (C=O) groups is 3. The zero-order valence-corrected chi connectivity index (χ0v) is 19.2. The van der Waals surface area contributed by atoms with Gasteiger partial charge < -0.3 is 9.15 Å². The Balaban J connectivity index is 1.48. The van der Waals surface area contributed by atoms with Gasteiger partial charge in [0, 0.05) is 21.7 Å². The molecule has 0 spiro atoms. The Morgan fingerprint density at radius 3 is 2.34 bits per heavy atom.